The number of hydrogen-bond donors (Lipinski definition) is 2. The van der Waals surface area contributed by atoms with E-state index in [1.807, 2.05) is 24.3 Å². The zero-order chi connectivity index (χ0) is 12.5. The largest absolute Gasteiger partial charge is 0.480 e. The predicted molar refractivity (Wildman–Crippen MR) is 67.2 cm³/mol. The van der Waals surface area contributed by atoms with E-state index in [2.05, 4.69) is 0 Å². The van der Waals surface area contributed by atoms with Gasteiger partial charge in [-0.1, -0.05) is 23.7 Å². The third-order valence-electron chi connectivity index (χ3n) is 3.62. The summed E-state index contributed by atoms with van der Waals surface area (Å²) in [4.78, 5) is 11.0. The number of hydrogen-bond acceptors (Lipinski definition) is 2. The molecule has 4 heteroatoms. The van der Waals surface area contributed by atoms with E-state index in [0.29, 0.717) is 18.8 Å². The second-order valence-electron chi connectivity index (χ2n) is 4.79. The molecule has 0 atom stereocenters. The van der Waals surface area contributed by atoms with E-state index in [4.69, 9.17) is 22.4 Å². The normalized spacial score (nSPS) is 28.9. The number of aliphatic carboxylic acids is 1. The zero-order valence-corrected chi connectivity index (χ0v) is 10.3. The van der Waals surface area contributed by atoms with Gasteiger partial charge in [-0.15, -0.1) is 0 Å². The molecule has 3 nitrogen and oxygen atoms in total. The van der Waals surface area contributed by atoms with Crippen LogP contribution in [0.15, 0.2) is 24.3 Å². The molecule has 0 aliphatic heterocycles. The van der Waals surface area contributed by atoms with Crippen LogP contribution in [0.4, 0.5) is 0 Å². The smallest absolute Gasteiger partial charge is 0.323 e. The first kappa shape index (κ1) is 12.4. The molecule has 17 heavy (non-hydrogen) atoms. The molecule has 1 aromatic rings. The monoisotopic (exact) mass is 253 g/mol. The highest BCUT2D eigenvalue weighted by Crippen LogP contribution is 2.37. The van der Waals surface area contributed by atoms with Crippen LogP contribution in [-0.4, -0.2) is 16.6 Å². The quantitative estimate of drug-likeness (QED) is 0.852. The lowest BCUT2D eigenvalue weighted by molar-refractivity contribution is -0.144. The molecule has 1 aliphatic rings. The molecular weight excluding hydrogens is 238 g/mol. The van der Waals surface area contributed by atoms with Gasteiger partial charge in [0.15, 0.2) is 0 Å². The van der Waals surface area contributed by atoms with E-state index < -0.39 is 11.5 Å². The highest BCUT2D eigenvalue weighted by molar-refractivity contribution is 6.30. The van der Waals surface area contributed by atoms with Gasteiger partial charge < -0.3 is 10.8 Å². The maximum Gasteiger partial charge on any atom is 0.323 e. The van der Waals surface area contributed by atoms with Gasteiger partial charge in [-0.3, -0.25) is 4.79 Å². The van der Waals surface area contributed by atoms with Crippen molar-refractivity contribution in [3.63, 3.8) is 0 Å². The number of carboxylic acids is 1. The van der Waals surface area contributed by atoms with Crippen LogP contribution in [0.2, 0.25) is 5.02 Å². The molecule has 0 aromatic heterocycles. The lowest BCUT2D eigenvalue weighted by atomic mass is 9.75. The standard InChI is InChI=1S/C13H16ClNO2/c14-11-3-1-2-10(8-11)9-4-6-13(15,7-5-9)12(16)17/h1-3,8-9H,4-7,15H2,(H,16,17). The summed E-state index contributed by atoms with van der Waals surface area (Å²) in [5.74, 6) is -0.508. The molecule has 0 heterocycles. The van der Waals surface area contributed by atoms with Gasteiger partial charge in [0.1, 0.15) is 5.54 Å². The van der Waals surface area contributed by atoms with E-state index in [-0.39, 0.29) is 0 Å². The zero-order valence-electron chi connectivity index (χ0n) is 9.53. The summed E-state index contributed by atoms with van der Waals surface area (Å²) in [5.41, 5.74) is 6.00. The molecule has 1 aliphatic carbocycles. The van der Waals surface area contributed by atoms with Crippen LogP contribution >= 0.6 is 11.6 Å². The van der Waals surface area contributed by atoms with Gasteiger partial charge in [0.05, 0.1) is 0 Å². The Morgan fingerprint density at radius 3 is 2.59 bits per heavy atom. The van der Waals surface area contributed by atoms with Crippen LogP contribution in [0.1, 0.15) is 37.2 Å². The van der Waals surface area contributed by atoms with Crippen molar-refractivity contribution >= 4 is 17.6 Å². The van der Waals surface area contributed by atoms with E-state index >= 15 is 0 Å². The van der Waals surface area contributed by atoms with Gasteiger partial charge >= 0.3 is 5.97 Å². The Hall–Kier alpha value is -1.06. The summed E-state index contributed by atoms with van der Waals surface area (Å²) in [5, 5.41) is 9.78. The molecule has 92 valence electrons. The molecular formula is C13H16ClNO2. The minimum absolute atomic E-state index is 0.379. The number of carbonyl (C=O) groups is 1. The minimum Gasteiger partial charge on any atom is -0.480 e. The number of halogens is 1. The van der Waals surface area contributed by atoms with Gasteiger partial charge in [-0.25, -0.2) is 0 Å². The van der Waals surface area contributed by atoms with Crippen molar-refractivity contribution in [3.8, 4) is 0 Å². The van der Waals surface area contributed by atoms with Crippen LogP contribution in [-0.2, 0) is 4.79 Å². The van der Waals surface area contributed by atoms with Crippen molar-refractivity contribution < 1.29 is 9.90 Å². The summed E-state index contributed by atoms with van der Waals surface area (Å²) in [6, 6.07) is 7.77. The third kappa shape index (κ3) is 2.61. The van der Waals surface area contributed by atoms with Crippen molar-refractivity contribution in [2.24, 2.45) is 5.73 Å². The molecule has 0 spiro atoms. The van der Waals surface area contributed by atoms with Crippen LogP contribution in [0.3, 0.4) is 0 Å². The summed E-state index contributed by atoms with van der Waals surface area (Å²) in [7, 11) is 0. The van der Waals surface area contributed by atoms with Gasteiger partial charge in [-0.05, 0) is 49.3 Å². The average molecular weight is 254 g/mol. The van der Waals surface area contributed by atoms with Crippen LogP contribution in [0, 0.1) is 0 Å². The Kier molecular flexibility index (Phi) is 3.40. The van der Waals surface area contributed by atoms with Crippen LogP contribution in [0.5, 0.6) is 0 Å². The summed E-state index contributed by atoms with van der Waals surface area (Å²) in [6.07, 6.45) is 2.67. The number of nitrogens with two attached hydrogens (primary N) is 1. The molecule has 0 amide bonds. The molecule has 3 N–H and O–H groups in total. The van der Waals surface area contributed by atoms with E-state index in [1.165, 1.54) is 5.56 Å². The third-order valence-corrected chi connectivity index (χ3v) is 3.86. The maximum absolute atomic E-state index is 11.0. The van der Waals surface area contributed by atoms with Crippen LogP contribution in [0.25, 0.3) is 0 Å². The van der Waals surface area contributed by atoms with E-state index in [1.54, 1.807) is 0 Å². The number of rotatable bonds is 2. The average Bonchev–Trinajstić information content (AvgIpc) is 2.30. The lowest BCUT2D eigenvalue weighted by Gasteiger charge is -2.33. The SMILES string of the molecule is NC1(C(=O)O)CCC(c2cccc(Cl)c2)CC1. The first-order chi connectivity index (χ1) is 8.01. The molecule has 0 unspecified atom stereocenters. The van der Waals surface area contributed by atoms with Crippen molar-refractivity contribution in [2.45, 2.75) is 37.1 Å². The topological polar surface area (TPSA) is 63.3 Å². The van der Waals surface area contributed by atoms with Gasteiger partial charge in [-0.2, -0.15) is 0 Å². The lowest BCUT2D eigenvalue weighted by Crippen LogP contribution is -2.50. The van der Waals surface area contributed by atoms with Gasteiger partial charge in [0, 0.05) is 5.02 Å². The second-order valence-corrected chi connectivity index (χ2v) is 5.23. The predicted octanol–water partition coefficient (Wildman–Crippen LogP) is 2.78. The molecule has 0 radical (unpaired) electrons. The fourth-order valence-corrected chi connectivity index (χ4v) is 2.64. The molecule has 0 saturated heterocycles. The van der Waals surface area contributed by atoms with E-state index in [9.17, 15) is 4.79 Å². The van der Waals surface area contributed by atoms with Crippen molar-refractivity contribution in [1.29, 1.82) is 0 Å². The van der Waals surface area contributed by atoms with E-state index in [0.717, 1.165) is 17.9 Å². The molecule has 1 saturated carbocycles. The summed E-state index contributed by atoms with van der Waals surface area (Å²) >= 11 is 5.95. The number of benzene rings is 1. The van der Waals surface area contributed by atoms with Crippen LogP contribution < -0.4 is 5.73 Å². The first-order valence-corrected chi connectivity index (χ1v) is 6.17. The minimum atomic E-state index is -1.03. The Morgan fingerprint density at radius 1 is 1.41 bits per heavy atom. The second kappa shape index (κ2) is 4.67. The molecule has 1 fully saturated rings. The fourth-order valence-electron chi connectivity index (χ4n) is 2.44. The summed E-state index contributed by atoms with van der Waals surface area (Å²) in [6.45, 7) is 0. The van der Waals surface area contributed by atoms with Crippen molar-refractivity contribution in [1.82, 2.24) is 0 Å². The van der Waals surface area contributed by atoms with Crippen molar-refractivity contribution in [2.75, 3.05) is 0 Å². The Balaban J connectivity index is 2.07. The highest BCUT2D eigenvalue weighted by atomic mass is 35.5. The highest BCUT2D eigenvalue weighted by Gasteiger charge is 2.38. The van der Waals surface area contributed by atoms with Gasteiger partial charge in [0.25, 0.3) is 0 Å². The Morgan fingerprint density at radius 2 is 2.06 bits per heavy atom. The molecule has 0 bridgehead atoms. The summed E-state index contributed by atoms with van der Waals surface area (Å²) < 4.78 is 0. The maximum atomic E-state index is 11.0. The first-order valence-electron chi connectivity index (χ1n) is 5.79. The fraction of sp³-hybridized carbons (Fsp3) is 0.462. The molecule has 2 rings (SSSR count). The molecule has 1 aromatic carbocycles. The Bertz CT molecular complexity index is 425. The van der Waals surface area contributed by atoms with Crippen molar-refractivity contribution in [3.05, 3.63) is 34.9 Å². The number of carboxylic acid groups (broad SMARTS) is 1. The Labute approximate surface area is 106 Å². The van der Waals surface area contributed by atoms with Gasteiger partial charge in [0.2, 0.25) is 0 Å².